The van der Waals surface area contributed by atoms with Gasteiger partial charge < -0.3 is 70.4 Å². The van der Waals surface area contributed by atoms with Crippen LogP contribution in [0.1, 0.15) is 116 Å². The Hall–Kier alpha value is -2.86. The molecule has 3 aliphatic heterocycles. The number of amides is 2. The Bertz CT molecular complexity index is 1550. The van der Waals surface area contributed by atoms with Crippen LogP contribution in [0.25, 0.3) is 0 Å². The van der Waals surface area contributed by atoms with E-state index in [1.807, 2.05) is 4.98 Å². The lowest BCUT2D eigenvalue weighted by molar-refractivity contribution is -0.347. The number of aliphatic hydroxyl groups excluding tert-OH is 8. The first-order valence-corrected chi connectivity index (χ1v) is 21.1. The van der Waals surface area contributed by atoms with Crippen LogP contribution >= 0.6 is 0 Å². The van der Waals surface area contributed by atoms with E-state index in [-0.39, 0.29) is 12.8 Å². The molecule has 0 bridgehead atoms. The number of aromatic amines is 1. The van der Waals surface area contributed by atoms with Gasteiger partial charge in [-0.1, -0.05) is 78.1 Å². The maximum absolute atomic E-state index is 13.2. The predicted octanol–water partition coefficient (Wildman–Crippen LogP) is -1.72. The molecule has 3 aliphatic rings. The van der Waals surface area contributed by atoms with Crippen molar-refractivity contribution in [1.82, 2.24) is 20.2 Å². The summed E-state index contributed by atoms with van der Waals surface area (Å²) in [5.74, 6) is -0.995. The second-order valence-electron chi connectivity index (χ2n) is 15.9. The Kier molecular flexibility index (Phi) is 19.8. The van der Waals surface area contributed by atoms with Crippen LogP contribution in [0.2, 0.25) is 0 Å². The minimum Gasteiger partial charge on any atom is -0.394 e. The average molecular weight is 847 g/mol. The summed E-state index contributed by atoms with van der Waals surface area (Å²) in [5, 5.41) is 92.7. The highest BCUT2D eigenvalue weighted by molar-refractivity contribution is 5.76. The normalized spacial score (nSPS) is 34.1. The molecule has 4 heterocycles. The van der Waals surface area contributed by atoms with Gasteiger partial charge in [0, 0.05) is 31.5 Å². The molecule has 15 atom stereocenters. The molecule has 4 rings (SSSR count). The van der Waals surface area contributed by atoms with Crippen molar-refractivity contribution in [1.29, 1.82) is 0 Å². The maximum Gasteiger partial charge on any atom is 0.330 e. The molecule has 11 N–H and O–H groups in total. The molecule has 3 fully saturated rings. The number of unbranched alkanes of at least 4 members (excludes halogenated alkanes) is 10. The number of hydrogen-bond acceptors (Lipinski definition) is 16. The zero-order chi connectivity index (χ0) is 43.2. The van der Waals surface area contributed by atoms with Crippen molar-refractivity contribution in [2.24, 2.45) is 0 Å². The van der Waals surface area contributed by atoms with Crippen molar-refractivity contribution in [3.8, 4) is 0 Å². The highest BCUT2D eigenvalue weighted by atomic mass is 16.8. The largest absolute Gasteiger partial charge is 0.394 e. The van der Waals surface area contributed by atoms with Crippen LogP contribution in [-0.4, -0.2) is 155 Å². The summed E-state index contributed by atoms with van der Waals surface area (Å²) in [6.45, 7) is 3.42. The van der Waals surface area contributed by atoms with Crippen molar-refractivity contribution in [2.75, 3.05) is 6.61 Å². The smallest absolute Gasteiger partial charge is 0.330 e. The van der Waals surface area contributed by atoms with Gasteiger partial charge in [0.25, 0.3) is 5.56 Å². The van der Waals surface area contributed by atoms with Gasteiger partial charge in [0.05, 0.1) is 18.8 Å². The second-order valence-corrected chi connectivity index (χ2v) is 15.9. The van der Waals surface area contributed by atoms with E-state index in [1.54, 1.807) is 0 Å². The maximum atomic E-state index is 13.2. The number of nitrogens with zero attached hydrogens (tertiary/aromatic N) is 1. The molecule has 20 nitrogen and oxygen atoms in total. The van der Waals surface area contributed by atoms with E-state index in [1.165, 1.54) is 0 Å². The zero-order valence-corrected chi connectivity index (χ0v) is 33.9. The van der Waals surface area contributed by atoms with Crippen molar-refractivity contribution in [3.05, 3.63) is 33.1 Å². The Morgan fingerprint density at radius 2 is 1.20 bits per heavy atom. The van der Waals surface area contributed by atoms with Gasteiger partial charge in [0.2, 0.25) is 11.8 Å². The third-order valence-electron chi connectivity index (χ3n) is 11.3. The van der Waals surface area contributed by atoms with Crippen molar-refractivity contribution in [2.45, 2.75) is 202 Å². The van der Waals surface area contributed by atoms with Crippen LogP contribution in [0, 0.1) is 0 Å². The fraction of sp³-hybridized carbons (Fsp3) is 0.846. The monoisotopic (exact) mass is 846 g/mol. The van der Waals surface area contributed by atoms with Gasteiger partial charge in [-0.2, -0.15) is 0 Å². The first-order valence-electron chi connectivity index (χ1n) is 21.1. The van der Waals surface area contributed by atoms with Gasteiger partial charge in [0.1, 0.15) is 60.9 Å². The van der Waals surface area contributed by atoms with E-state index < -0.39 is 128 Å². The van der Waals surface area contributed by atoms with E-state index in [0.717, 1.165) is 81.0 Å². The van der Waals surface area contributed by atoms with E-state index in [4.69, 9.17) is 18.9 Å². The predicted molar refractivity (Wildman–Crippen MR) is 207 cm³/mol. The van der Waals surface area contributed by atoms with Crippen LogP contribution in [0.3, 0.4) is 0 Å². The number of ether oxygens (including phenoxy) is 4. The quantitative estimate of drug-likeness (QED) is 0.0546. The molecular weight excluding hydrogens is 780 g/mol. The number of nitrogens with one attached hydrogen (secondary N) is 3. The van der Waals surface area contributed by atoms with Crippen LogP contribution in [-0.2, 0) is 28.5 Å². The first kappa shape index (κ1) is 48.8. The second kappa shape index (κ2) is 24.0. The topological polar surface area (TPSA) is 312 Å². The summed E-state index contributed by atoms with van der Waals surface area (Å²) in [4.78, 5) is 52.3. The molecule has 1 aromatic rings. The van der Waals surface area contributed by atoms with E-state index >= 15 is 0 Å². The summed E-state index contributed by atoms with van der Waals surface area (Å²) in [6.07, 6.45) is -10.2. The molecule has 0 saturated carbocycles. The molecule has 2 amide bonds. The van der Waals surface area contributed by atoms with Crippen molar-refractivity contribution in [3.63, 3.8) is 0 Å². The standard InChI is InChI=1S/C39H66N4O16/c1-3-5-7-9-11-13-15-24(46)40-27-31(51)29(49)22(19-21(45)35-33(53)34(54)36(58-35)43-18-17-26(48)42-39(43)55)56-37(27)59-38-28(32(52)30(50)23(20-44)57-38)41-25(47)16-14-12-10-8-6-4-2/h17-18,21-23,27-38,44-45,49-54H,3-16,19-20H2,1-2H3,(H,40,46)(H,41,47)(H,42,48,55)/t21-,22-,23-,27-,28-,29+,30-,31-,32-,33+,34-,35+,36-,37+,38-/m1/s1. The lowest BCUT2D eigenvalue weighted by Crippen LogP contribution is -2.69. The summed E-state index contributed by atoms with van der Waals surface area (Å²) in [6, 6.07) is -1.93. The molecule has 0 aromatic carbocycles. The Morgan fingerprint density at radius 3 is 1.71 bits per heavy atom. The molecule has 0 spiro atoms. The molecule has 3 saturated heterocycles. The summed E-state index contributed by atoms with van der Waals surface area (Å²) in [7, 11) is 0. The van der Waals surface area contributed by atoms with Crippen LogP contribution in [0.15, 0.2) is 21.9 Å². The number of rotatable bonds is 23. The van der Waals surface area contributed by atoms with Gasteiger partial charge >= 0.3 is 5.69 Å². The molecular formula is C39H66N4O16. The highest BCUT2D eigenvalue weighted by Gasteiger charge is 2.53. The van der Waals surface area contributed by atoms with Gasteiger partial charge in [-0.3, -0.25) is 23.9 Å². The van der Waals surface area contributed by atoms with Gasteiger partial charge in [-0.05, 0) is 12.8 Å². The van der Waals surface area contributed by atoms with Crippen molar-refractivity contribution >= 4 is 11.8 Å². The van der Waals surface area contributed by atoms with Crippen LogP contribution in [0.5, 0.6) is 0 Å². The Morgan fingerprint density at radius 1 is 0.712 bits per heavy atom. The Labute approximate surface area is 342 Å². The molecule has 59 heavy (non-hydrogen) atoms. The zero-order valence-electron chi connectivity index (χ0n) is 33.9. The molecule has 1 aromatic heterocycles. The van der Waals surface area contributed by atoms with Crippen LogP contribution < -0.4 is 21.9 Å². The molecule has 0 unspecified atom stereocenters. The Balaban J connectivity index is 1.53. The number of carbonyl (C=O) groups is 2. The van der Waals surface area contributed by atoms with Gasteiger partial charge in [-0.25, -0.2) is 4.79 Å². The molecule has 0 radical (unpaired) electrons. The van der Waals surface area contributed by atoms with Gasteiger partial charge in [-0.15, -0.1) is 0 Å². The van der Waals surface area contributed by atoms with Crippen molar-refractivity contribution < 1.29 is 69.4 Å². The minimum atomic E-state index is -1.82. The van der Waals surface area contributed by atoms with E-state index in [0.29, 0.717) is 12.8 Å². The van der Waals surface area contributed by atoms with E-state index in [2.05, 4.69) is 24.5 Å². The van der Waals surface area contributed by atoms with Crippen LogP contribution in [0.4, 0.5) is 0 Å². The summed E-state index contributed by atoms with van der Waals surface area (Å²) in [5.41, 5.74) is -1.67. The SMILES string of the molecule is CCCCCCCCC(=O)N[C@H]1[C@H](O[C@H]2O[C@H](CO)[C@@H](O)[C@H](O)[C@H]2NC(=O)CCCCCCCC)O[C@H](C[C@@H](O)[C@@H]2O[C@@H](n3ccc(=O)[nH]c3=O)[C@H](O)[C@@H]2O)[C@H](O)[C@@H]1O. The lowest BCUT2D eigenvalue weighted by atomic mass is 9.91. The minimum absolute atomic E-state index is 0.0631. The fourth-order valence-electron chi connectivity index (χ4n) is 7.76. The third kappa shape index (κ3) is 13.3. The first-order chi connectivity index (χ1) is 28.2. The molecule has 338 valence electrons. The summed E-state index contributed by atoms with van der Waals surface area (Å²) < 4.78 is 24.5. The number of H-pyrrole nitrogens is 1. The number of aliphatic hydroxyl groups is 8. The third-order valence-corrected chi connectivity index (χ3v) is 11.3. The lowest BCUT2D eigenvalue weighted by Gasteiger charge is -2.47. The fourth-order valence-corrected chi connectivity index (χ4v) is 7.76. The van der Waals surface area contributed by atoms with Gasteiger partial charge in [0.15, 0.2) is 18.8 Å². The molecule has 0 aliphatic carbocycles. The highest BCUT2D eigenvalue weighted by Crippen LogP contribution is 2.34. The summed E-state index contributed by atoms with van der Waals surface area (Å²) >= 11 is 0. The number of hydrogen-bond donors (Lipinski definition) is 11. The number of aromatic nitrogens is 2. The average Bonchev–Trinajstić information content (AvgIpc) is 3.50. The molecule has 20 heteroatoms. The number of carbonyl (C=O) groups excluding carboxylic acids is 2. The van der Waals surface area contributed by atoms with E-state index in [9.17, 15) is 60.0 Å².